The number of aromatic amines is 1. The van der Waals surface area contributed by atoms with Crippen molar-refractivity contribution < 1.29 is 19.1 Å². The molecule has 7 heteroatoms. The summed E-state index contributed by atoms with van der Waals surface area (Å²) >= 11 is 0. The van der Waals surface area contributed by atoms with E-state index in [0.717, 1.165) is 32.6 Å². The van der Waals surface area contributed by atoms with Crippen molar-refractivity contribution in [1.29, 1.82) is 0 Å². The molecule has 0 unspecified atom stereocenters. The molecular formula is C27H21N3O4. The van der Waals surface area contributed by atoms with E-state index in [2.05, 4.69) is 4.98 Å². The Kier molecular flexibility index (Phi) is 4.52. The molecule has 1 N–H and O–H groups in total. The smallest absolute Gasteiger partial charge is 0.339 e. The molecule has 1 saturated heterocycles. The van der Waals surface area contributed by atoms with Crippen molar-refractivity contribution in [2.24, 2.45) is 0 Å². The van der Waals surface area contributed by atoms with Crippen LogP contribution in [0.1, 0.15) is 33.2 Å². The van der Waals surface area contributed by atoms with Crippen LogP contribution in [0.15, 0.2) is 78.9 Å². The molecule has 1 aromatic heterocycles. The van der Waals surface area contributed by atoms with Gasteiger partial charge < -0.3 is 9.72 Å². The fourth-order valence-corrected chi connectivity index (χ4v) is 5.23. The number of para-hydroxylation sites is 2. The molecule has 2 atom stereocenters. The van der Waals surface area contributed by atoms with Crippen molar-refractivity contribution in [3.8, 4) is 0 Å². The standard InChI is InChI=1S/C27H21N3O4/c1-34-26(32)18-12-6-8-14-21(18)30-25(31)22-15-19-17-11-5-7-13-20(17)28-23(19)24(29(22)27(30)33)16-9-3-2-4-10-16/h2-14,22,24,28H,15H2,1H3/t22-,24-/m0/s1. The summed E-state index contributed by atoms with van der Waals surface area (Å²) in [5, 5.41) is 1.05. The summed E-state index contributed by atoms with van der Waals surface area (Å²) in [5.41, 5.74) is 4.24. The molecule has 0 spiro atoms. The first kappa shape index (κ1) is 20.2. The number of amides is 3. The topological polar surface area (TPSA) is 82.7 Å². The summed E-state index contributed by atoms with van der Waals surface area (Å²) in [6.07, 6.45) is 0.393. The number of ether oxygens (including phenoxy) is 1. The van der Waals surface area contributed by atoms with Gasteiger partial charge in [-0.3, -0.25) is 9.69 Å². The van der Waals surface area contributed by atoms with E-state index in [1.54, 1.807) is 29.2 Å². The Balaban J connectivity index is 1.54. The number of aromatic nitrogens is 1. The Hall–Kier alpha value is -4.39. The van der Waals surface area contributed by atoms with Gasteiger partial charge in [0.2, 0.25) is 0 Å². The number of imide groups is 1. The molecule has 3 amide bonds. The Labute approximate surface area is 195 Å². The molecule has 2 aliphatic heterocycles. The molecular weight excluding hydrogens is 430 g/mol. The van der Waals surface area contributed by atoms with Gasteiger partial charge in [-0.1, -0.05) is 60.7 Å². The highest BCUT2D eigenvalue weighted by atomic mass is 16.5. The summed E-state index contributed by atoms with van der Waals surface area (Å²) in [6.45, 7) is 0. The maximum Gasteiger partial charge on any atom is 0.339 e. The SMILES string of the molecule is COC(=O)c1ccccc1N1C(=O)[C@@H]2Cc3c([nH]c4ccccc34)[C@H](c3ccccc3)N2C1=O. The number of fused-ring (bicyclic) bond motifs is 4. The number of anilines is 1. The largest absolute Gasteiger partial charge is 0.465 e. The zero-order chi connectivity index (χ0) is 23.4. The van der Waals surface area contributed by atoms with Gasteiger partial charge in [-0.25, -0.2) is 14.5 Å². The third-order valence-corrected chi connectivity index (χ3v) is 6.71. The number of carbonyl (C=O) groups excluding carboxylic acids is 3. The van der Waals surface area contributed by atoms with E-state index in [-0.39, 0.29) is 17.2 Å². The van der Waals surface area contributed by atoms with Crippen molar-refractivity contribution in [3.05, 3.63) is 101 Å². The number of hydrogen-bond acceptors (Lipinski definition) is 4. The first-order valence-corrected chi connectivity index (χ1v) is 11.1. The molecule has 168 valence electrons. The van der Waals surface area contributed by atoms with Crippen LogP contribution >= 0.6 is 0 Å². The zero-order valence-electron chi connectivity index (χ0n) is 18.4. The maximum atomic E-state index is 13.9. The number of nitrogens with one attached hydrogen (secondary N) is 1. The van der Waals surface area contributed by atoms with Gasteiger partial charge in [0, 0.05) is 23.0 Å². The van der Waals surface area contributed by atoms with E-state index in [0.29, 0.717) is 6.42 Å². The van der Waals surface area contributed by atoms with Crippen LogP contribution in [-0.4, -0.2) is 40.9 Å². The highest BCUT2D eigenvalue weighted by Gasteiger charge is 2.53. The number of carbonyl (C=O) groups is 3. The third-order valence-electron chi connectivity index (χ3n) is 6.71. The van der Waals surface area contributed by atoms with Crippen LogP contribution in [0.3, 0.4) is 0 Å². The summed E-state index contributed by atoms with van der Waals surface area (Å²) < 4.78 is 4.90. The third kappa shape index (κ3) is 2.80. The molecule has 7 nitrogen and oxygen atoms in total. The van der Waals surface area contributed by atoms with Crippen molar-refractivity contribution >= 4 is 34.5 Å². The number of rotatable bonds is 3. The minimum atomic E-state index is -0.685. The Morgan fingerprint density at radius 2 is 1.65 bits per heavy atom. The van der Waals surface area contributed by atoms with Crippen LogP contribution < -0.4 is 4.90 Å². The van der Waals surface area contributed by atoms with E-state index >= 15 is 0 Å². The minimum Gasteiger partial charge on any atom is -0.465 e. The summed E-state index contributed by atoms with van der Waals surface area (Å²) in [6, 6.07) is 22.6. The highest BCUT2D eigenvalue weighted by Crippen LogP contribution is 2.45. The van der Waals surface area contributed by atoms with E-state index in [9.17, 15) is 14.4 Å². The first-order chi connectivity index (χ1) is 16.6. The highest BCUT2D eigenvalue weighted by molar-refractivity contribution is 6.23. The lowest BCUT2D eigenvalue weighted by atomic mass is 9.89. The van der Waals surface area contributed by atoms with Crippen LogP contribution in [0.2, 0.25) is 0 Å². The summed E-state index contributed by atoms with van der Waals surface area (Å²) in [4.78, 5) is 46.3. The normalized spacial score (nSPS) is 19.3. The van der Waals surface area contributed by atoms with Gasteiger partial charge in [-0.2, -0.15) is 0 Å². The monoisotopic (exact) mass is 451 g/mol. The molecule has 3 aromatic carbocycles. The summed E-state index contributed by atoms with van der Waals surface area (Å²) in [7, 11) is 1.28. The second-order valence-electron chi connectivity index (χ2n) is 8.47. The number of H-pyrrole nitrogens is 1. The van der Waals surface area contributed by atoms with Crippen LogP contribution in [0.4, 0.5) is 10.5 Å². The molecule has 6 rings (SSSR count). The van der Waals surface area contributed by atoms with Crippen LogP contribution in [0.25, 0.3) is 10.9 Å². The molecule has 0 bridgehead atoms. The number of benzene rings is 3. The Bertz CT molecular complexity index is 1460. The predicted octanol–water partition coefficient (Wildman–Crippen LogP) is 4.44. The molecule has 34 heavy (non-hydrogen) atoms. The van der Waals surface area contributed by atoms with Gasteiger partial charge in [0.15, 0.2) is 0 Å². The zero-order valence-corrected chi connectivity index (χ0v) is 18.4. The second-order valence-corrected chi connectivity index (χ2v) is 8.47. The van der Waals surface area contributed by atoms with Gasteiger partial charge in [0.1, 0.15) is 12.1 Å². The second kappa shape index (κ2) is 7.59. The van der Waals surface area contributed by atoms with Crippen molar-refractivity contribution in [2.45, 2.75) is 18.5 Å². The number of nitrogens with zero attached hydrogens (tertiary/aromatic N) is 2. The van der Waals surface area contributed by atoms with E-state index < -0.39 is 24.1 Å². The lowest BCUT2D eigenvalue weighted by Crippen LogP contribution is -2.44. The minimum absolute atomic E-state index is 0.173. The molecule has 0 radical (unpaired) electrons. The molecule has 3 heterocycles. The molecule has 4 aromatic rings. The van der Waals surface area contributed by atoms with Gasteiger partial charge in [0.25, 0.3) is 5.91 Å². The van der Waals surface area contributed by atoms with Crippen LogP contribution in [-0.2, 0) is 16.0 Å². The number of hydrogen-bond donors (Lipinski definition) is 1. The summed E-state index contributed by atoms with van der Waals surface area (Å²) in [5.74, 6) is -0.949. The maximum absolute atomic E-state index is 13.9. The molecule has 1 fully saturated rings. The Morgan fingerprint density at radius 1 is 0.941 bits per heavy atom. The van der Waals surface area contributed by atoms with E-state index in [1.165, 1.54) is 7.11 Å². The predicted molar refractivity (Wildman–Crippen MR) is 127 cm³/mol. The molecule has 2 aliphatic rings. The fraction of sp³-hybridized carbons (Fsp3) is 0.148. The van der Waals surface area contributed by atoms with Crippen LogP contribution in [0.5, 0.6) is 0 Å². The first-order valence-electron chi connectivity index (χ1n) is 11.1. The number of methoxy groups -OCH3 is 1. The van der Waals surface area contributed by atoms with Crippen molar-refractivity contribution in [2.75, 3.05) is 12.0 Å². The van der Waals surface area contributed by atoms with Gasteiger partial charge in [-0.05, 0) is 29.3 Å². The van der Waals surface area contributed by atoms with Gasteiger partial charge in [0.05, 0.1) is 18.4 Å². The number of esters is 1. The van der Waals surface area contributed by atoms with Gasteiger partial charge in [-0.15, -0.1) is 0 Å². The molecule has 0 saturated carbocycles. The van der Waals surface area contributed by atoms with Gasteiger partial charge >= 0.3 is 12.0 Å². The number of urea groups is 1. The average Bonchev–Trinajstić information content (AvgIpc) is 3.37. The van der Waals surface area contributed by atoms with E-state index in [4.69, 9.17) is 4.74 Å². The Morgan fingerprint density at radius 3 is 2.44 bits per heavy atom. The van der Waals surface area contributed by atoms with Crippen molar-refractivity contribution in [3.63, 3.8) is 0 Å². The van der Waals surface area contributed by atoms with Crippen molar-refractivity contribution in [1.82, 2.24) is 9.88 Å². The lowest BCUT2D eigenvalue weighted by molar-refractivity contribution is -0.120. The van der Waals surface area contributed by atoms with Crippen LogP contribution in [0, 0.1) is 0 Å². The molecule has 0 aliphatic carbocycles. The fourth-order valence-electron chi connectivity index (χ4n) is 5.23. The average molecular weight is 451 g/mol. The van der Waals surface area contributed by atoms with E-state index in [1.807, 2.05) is 54.6 Å². The quantitative estimate of drug-likeness (QED) is 0.369. The lowest BCUT2D eigenvalue weighted by Gasteiger charge is -2.36.